The Kier molecular flexibility index (Phi) is 4.04. The number of halogens is 1. The maximum Gasteiger partial charge on any atom is 0.136 e. The van der Waals surface area contributed by atoms with Gasteiger partial charge in [0.1, 0.15) is 18.1 Å². The van der Waals surface area contributed by atoms with E-state index in [1.54, 1.807) is 7.11 Å². The van der Waals surface area contributed by atoms with E-state index in [0.29, 0.717) is 6.61 Å². The van der Waals surface area contributed by atoms with Crippen LogP contribution in [0.1, 0.15) is 5.56 Å². The van der Waals surface area contributed by atoms with Gasteiger partial charge in [-0.3, -0.25) is 0 Å². The van der Waals surface area contributed by atoms with Crippen molar-refractivity contribution in [3.05, 3.63) is 58.6 Å². The molecule has 3 heteroatoms. The van der Waals surface area contributed by atoms with E-state index in [0.717, 1.165) is 21.5 Å². The average molecular weight is 293 g/mol. The predicted molar refractivity (Wildman–Crippen MR) is 71.5 cm³/mol. The smallest absolute Gasteiger partial charge is 0.136 e. The molecule has 0 spiro atoms. The Bertz CT molecular complexity index is 483. The largest absolute Gasteiger partial charge is 0.495 e. The van der Waals surface area contributed by atoms with Crippen molar-refractivity contribution < 1.29 is 9.47 Å². The third-order valence-electron chi connectivity index (χ3n) is 2.37. The summed E-state index contributed by atoms with van der Waals surface area (Å²) in [5, 5.41) is 0. The van der Waals surface area contributed by atoms with Gasteiger partial charge in [-0.25, -0.2) is 0 Å². The van der Waals surface area contributed by atoms with Crippen LogP contribution in [0.15, 0.2) is 53.0 Å². The molecule has 0 saturated heterocycles. The van der Waals surface area contributed by atoms with Crippen molar-refractivity contribution in [1.29, 1.82) is 0 Å². The Morgan fingerprint density at radius 2 is 1.82 bits per heavy atom. The first kappa shape index (κ1) is 12.0. The molecule has 0 saturated carbocycles. The summed E-state index contributed by atoms with van der Waals surface area (Å²) in [5.41, 5.74) is 1.15. The fourth-order valence-corrected chi connectivity index (χ4v) is 1.88. The van der Waals surface area contributed by atoms with Crippen molar-refractivity contribution in [3.63, 3.8) is 0 Å². The maximum absolute atomic E-state index is 5.69. The molecule has 88 valence electrons. The van der Waals surface area contributed by atoms with E-state index >= 15 is 0 Å². The van der Waals surface area contributed by atoms with E-state index in [1.807, 2.05) is 48.5 Å². The number of methoxy groups -OCH3 is 1. The molecule has 0 fully saturated rings. The zero-order valence-corrected chi connectivity index (χ0v) is 11.1. The molecule has 0 radical (unpaired) electrons. The number of benzene rings is 2. The van der Waals surface area contributed by atoms with Crippen molar-refractivity contribution >= 4 is 15.9 Å². The summed E-state index contributed by atoms with van der Waals surface area (Å²) in [6.07, 6.45) is 0. The molecule has 0 atom stereocenters. The Morgan fingerprint density at radius 1 is 1.06 bits per heavy atom. The molecule has 0 N–H and O–H groups in total. The van der Waals surface area contributed by atoms with Crippen molar-refractivity contribution in [1.82, 2.24) is 0 Å². The number of rotatable bonds is 4. The molecule has 17 heavy (non-hydrogen) atoms. The summed E-state index contributed by atoms with van der Waals surface area (Å²) in [6.45, 7) is 0.561. The van der Waals surface area contributed by atoms with E-state index < -0.39 is 0 Å². The number of ether oxygens (including phenoxy) is 2. The normalized spacial score (nSPS) is 10.0. The minimum absolute atomic E-state index is 0.561. The lowest BCUT2D eigenvalue weighted by Crippen LogP contribution is -1.95. The topological polar surface area (TPSA) is 18.5 Å². The highest BCUT2D eigenvalue weighted by atomic mass is 79.9. The van der Waals surface area contributed by atoms with Crippen molar-refractivity contribution in [2.75, 3.05) is 7.11 Å². The fourth-order valence-electron chi connectivity index (χ4n) is 1.47. The standard InChI is InChI=1S/C14H13BrO2/c1-16-14-9-12(7-8-13(14)15)17-10-11-5-3-2-4-6-11/h2-9H,10H2,1H3. The third-order valence-corrected chi connectivity index (χ3v) is 3.03. The van der Waals surface area contributed by atoms with Crippen LogP contribution < -0.4 is 9.47 Å². The first-order chi connectivity index (χ1) is 8.29. The van der Waals surface area contributed by atoms with Crippen molar-refractivity contribution in [2.24, 2.45) is 0 Å². The first-order valence-corrected chi connectivity index (χ1v) is 6.09. The average Bonchev–Trinajstić information content (AvgIpc) is 2.39. The highest BCUT2D eigenvalue weighted by Gasteiger charge is 2.02. The Labute approximate surface area is 109 Å². The van der Waals surface area contributed by atoms with E-state index in [2.05, 4.69) is 15.9 Å². The molecule has 0 heterocycles. The predicted octanol–water partition coefficient (Wildman–Crippen LogP) is 4.04. The SMILES string of the molecule is COc1cc(OCc2ccccc2)ccc1Br. The first-order valence-electron chi connectivity index (χ1n) is 5.30. The van der Waals surface area contributed by atoms with Crippen LogP contribution in [0.4, 0.5) is 0 Å². The number of hydrogen-bond donors (Lipinski definition) is 0. The summed E-state index contributed by atoms with van der Waals surface area (Å²) in [5.74, 6) is 1.57. The lowest BCUT2D eigenvalue weighted by Gasteiger charge is -2.09. The fraction of sp³-hybridized carbons (Fsp3) is 0.143. The van der Waals surface area contributed by atoms with Gasteiger partial charge in [-0.1, -0.05) is 30.3 Å². The maximum atomic E-state index is 5.69. The van der Waals surface area contributed by atoms with Crippen LogP contribution in [-0.2, 0) is 6.61 Å². The summed E-state index contributed by atoms with van der Waals surface area (Å²) in [4.78, 5) is 0. The lowest BCUT2D eigenvalue weighted by atomic mass is 10.2. The Morgan fingerprint density at radius 3 is 2.53 bits per heavy atom. The van der Waals surface area contributed by atoms with Crippen LogP contribution >= 0.6 is 15.9 Å². The van der Waals surface area contributed by atoms with Gasteiger partial charge in [-0.15, -0.1) is 0 Å². The Hall–Kier alpha value is -1.48. The molecule has 0 bridgehead atoms. The van der Waals surface area contributed by atoms with Gasteiger partial charge in [-0.2, -0.15) is 0 Å². The molecule has 0 aliphatic rings. The van der Waals surface area contributed by atoms with Crippen LogP contribution in [0, 0.1) is 0 Å². The van der Waals surface area contributed by atoms with Gasteiger partial charge < -0.3 is 9.47 Å². The molecule has 0 aliphatic heterocycles. The lowest BCUT2D eigenvalue weighted by molar-refractivity contribution is 0.303. The minimum Gasteiger partial charge on any atom is -0.495 e. The Balaban J connectivity index is 2.04. The molecule has 0 aliphatic carbocycles. The summed E-state index contributed by atoms with van der Waals surface area (Å²) < 4.78 is 11.8. The molecule has 2 nitrogen and oxygen atoms in total. The molecule has 0 aromatic heterocycles. The number of hydrogen-bond acceptors (Lipinski definition) is 2. The molecule has 0 unspecified atom stereocenters. The van der Waals surface area contributed by atoms with E-state index in [9.17, 15) is 0 Å². The summed E-state index contributed by atoms with van der Waals surface area (Å²) in [7, 11) is 1.64. The molecular weight excluding hydrogens is 280 g/mol. The van der Waals surface area contributed by atoms with Crippen LogP contribution in [0.25, 0.3) is 0 Å². The molecule has 2 aromatic rings. The van der Waals surface area contributed by atoms with E-state index in [4.69, 9.17) is 9.47 Å². The van der Waals surface area contributed by atoms with Crippen molar-refractivity contribution in [3.8, 4) is 11.5 Å². The van der Waals surface area contributed by atoms with Crippen molar-refractivity contribution in [2.45, 2.75) is 6.61 Å². The molecule has 0 amide bonds. The van der Waals surface area contributed by atoms with Gasteiger partial charge in [0.05, 0.1) is 11.6 Å². The van der Waals surface area contributed by atoms with Gasteiger partial charge in [0.2, 0.25) is 0 Å². The van der Waals surface area contributed by atoms with Gasteiger partial charge in [0.15, 0.2) is 0 Å². The zero-order chi connectivity index (χ0) is 12.1. The van der Waals surface area contributed by atoms with Gasteiger partial charge in [-0.05, 0) is 33.6 Å². The second-order valence-electron chi connectivity index (χ2n) is 3.57. The van der Waals surface area contributed by atoms with Crippen LogP contribution in [0.5, 0.6) is 11.5 Å². The molecule has 2 aromatic carbocycles. The van der Waals surface area contributed by atoms with E-state index in [1.165, 1.54) is 0 Å². The van der Waals surface area contributed by atoms with Crippen LogP contribution in [-0.4, -0.2) is 7.11 Å². The monoisotopic (exact) mass is 292 g/mol. The van der Waals surface area contributed by atoms with Gasteiger partial charge in [0, 0.05) is 6.07 Å². The quantitative estimate of drug-likeness (QED) is 0.847. The van der Waals surface area contributed by atoms with E-state index in [-0.39, 0.29) is 0 Å². The zero-order valence-electron chi connectivity index (χ0n) is 9.52. The third kappa shape index (κ3) is 3.24. The summed E-state index contributed by atoms with van der Waals surface area (Å²) in [6, 6.07) is 15.8. The van der Waals surface area contributed by atoms with Gasteiger partial charge in [0.25, 0.3) is 0 Å². The molecule has 2 rings (SSSR count). The highest BCUT2D eigenvalue weighted by Crippen LogP contribution is 2.29. The summed E-state index contributed by atoms with van der Waals surface area (Å²) >= 11 is 3.41. The van der Waals surface area contributed by atoms with Gasteiger partial charge >= 0.3 is 0 Å². The highest BCUT2D eigenvalue weighted by molar-refractivity contribution is 9.10. The van der Waals surface area contributed by atoms with Crippen LogP contribution in [0.3, 0.4) is 0 Å². The molecular formula is C14H13BrO2. The van der Waals surface area contributed by atoms with Crippen LogP contribution in [0.2, 0.25) is 0 Å². The second-order valence-corrected chi connectivity index (χ2v) is 4.42. The minimum atomic E-state index is 0.561. The second kappa shape index (κ2) is 5.73.